The van der Waals surface area contributed by atoms with Crippen molar-refractivity contribution in [1.82, 2.24) is 4.31 Å². The van der Waals surface area contributed by atoms with Gasteiger partial charge in [0.15, 0.2) is 0 Å². The van der Waals surface area contributed by atoms with Crippen LogP contribution in [-0.4, -0.2) is 31.9 Å². The molecule has 2 atom stereocenters. The van der Waals surface area contributed by atoms with Crippen molar-refractivity contribution in [3.63, 3.8) is 0 Å². The fourth-order valence-corrected chi connectivity index (χ4v) is 4.19. The summed E-state index contributed by atoms with van der Waals surface area (Å²) < 4.78 is 64.6. The summed E-state index contributed by atoms with van der Waals surface area (Å²) in [5, 5.41) is 0. The zero-order chi connectivity index (χ0) is 16.5. The number of nitrogens with two attached hydrogens (primary N) is 1. The van der Waals surface area contributed by atoms with E-state index >= 15 is 0 Å². The highest BCUT2D eigenvalue weighted by Crippen LogP contribution is 2.32. The highest BCUT2D eigenvalue weighted by atomic mass is 35.5. The third kappa shape index (κ3) is 4.59. The van der Waals surface area contributed by atoms with E-state index in [0.717, 1.165) is 18.6 Å². The first-order chi connectivity index (χ1) is 10.1. The lowest BCUT2D eigenvalue weighted by atomic mass is 9.93. The number of benzene rings is 1. The maximum atomic E-state index is 12.7. The van der Waals surface area contributed by atoms with Crippen LogP contribution >= 0.6 is 12.4 Å². The Balaban J connectivity index is 0.00000264. The molecule has 23 heavy (non-hydrogen) atoms. The van der Waals surface area contributed by atoms with Crippen molar-refractivity contribution in [3.8, 4) is 0 Å². The van der Waals surface area contributed by atoms with E-state index in [1.165, 1.54) is 10.4 Å². The van der Waals surface area contributed by atoms with E-state index in [4.69, 9.17) is 5.73 Å². The maximum absolute atomic E-state index is 12.7. The predicted octanol–water partition coefficient (Wildman–Crippen LogP) is 2.88. The van der Waals surface area contributed by atoms with E-state index in [1.807, 2.05) is 6.92 Å². The molecule has 1 aromatic carbocycles. The number of nitrogens with zero attached hydrogens (tertiary/aromatic N) is 1. The molecule has 0 aliphatic carbocycles. The van der Waals surface area contributed by atoms with Crippen LogP contribution in [0.1, 0.15) is 25.3 Å². The van der Waals surface area contributed by atoms with Crippen molar-refractivity contribution in [1.29, 1.82) is 0 Å². The third-order valence-corrected chi connectivity index (χ3v) is 5.82. The Morgan fingerprint density at radius 3 is 2.57 bits per heavy atom. The summed E-state index contributed by atoms with van der Waals surface area (Å²) in [6.07, 6.45) is -3.08. The van der Waals surface area contributed by atoms with E-state index in [9.17, 15) is 21.6 Å². The largest absolute Gasteiger partial charge is 0.416 e. The second-order valence-electron chi connectivity index (χ2n) is 5.65. The molecule has 0 spiro atoms. The van der Waals surface area contributed by atoms with Crippen LogP contribution in [0.15, 0.2) is 29.2 Å². The number of hydrogen-bond donors (Lipinski definition) is 1. The van der Waals surface area contributed by atoms with Crippen molar-refractivity contribution in [2.24, 2.45) is 11.7 Å². The first kappa shape index (κ1) is 20.2. The number of halogens is 4. The smallest absolute Gasteiger partial charge is 0.328 e. The number of rotatable bonds is 3. The summed E-state index contributed by atoms with van der Waals surface area (Å²) in [7, 11) is -3.93. The van der Waals surface area contributed by atoms with E-state index in [-0.39, 0.29) is 35.8 Å². The topological polar surface area (TPSA) is 63.4 Å². The Morgan fingerprint density at radius 1 is 1.35 bits per heavy atom. The van der Waals surface area contributed by atoms with Crippen LogP contribution in [0.4, 0.5) is 13.2 Å². The summed E-state index contributed by atoms with van der Waals surface area (Å²) in [5.74, 6) is 0.0225. The molecule has 2 unspecified atom stereocenters. The van der Waals surface area contributed by atoms with E-state index in [0.29, 0.717) is 19.0 Å². The van der Waals surface area contributed by atoms with Crippen LogP contribution in [-0.2, 0) is 16.2 Å². The van der Waals surface area contributed by atoms with Crippen LogP contribution in [0.3, 0.4) is 0 Å². The first-order valence-electron chi connectivity index (χ1n) is 7.05. The standard InChI is InChI=1S/C14H19F3N2O2S.ClH/c1-10(18)11-4-3-7-19(9-11)22(20,21)13-6-2-5-12(8-13)14(15,16)17;/h2,5-6,8,10-11H,3-4,7,9,18H2,1H3;1H. The van der Waals surface area contributed by atoms with Crippen molar-refractivity contribution < 1.29 is 21.6 Å². The normalized spacial score (nSPS) is 21.5. The highest BCUT2D eigenvalue weighted by molar-refractivity contribution is 7.89. The molecule has 1 saturated heterocycles. The molecule has 1 aromatic rings. The molecule has 1 aliphatic heterocycles. The lowest BCUT2D eigenvalue weighted by Gasteiger charge is -2.33. The van der Waals surface area contributed by atoms with Gasteiger partial charge in [-0.05, 0) is 43.9 Å². The molecule has 1 fully saturated rings. The minimum Gasteiger partial charge on any atom is -0.328 e. The average molecular weight is 373 g/mol. The second kappa shape index (κ2) is 7.38. The SMILES string of the molecule is CC(N)C1CCCN(S(=O)(=O)c2cccc(C(F)(F)F)c2)C1.Cl. The molecule has 9 heteroatoms. The number of hydrogen-bond acceptors (Lipinski definition) is 3. The quantitative estimate of drug-likeness (QED) is 0.887. The first-order valence-corrected chi connectivity index (χ1v) is 8.49. The Morgan fingerprint density at radius 2 is 2.00 bits per heavy atom. The van der Waals surface area contributed by atoms with Gasteiger partial charge in [0.1, 0.15) is 0 Å². The Hall–Kier alpha value is -0.830. The fourth-order valence-electron chi connectivity index (χ4n) is 2.60. The Bertz CT molecular complexity index is 635. The number of sulfonamides is 1. The van der Waals surface area contributed by atoms with E-state index in [2.05, 4.69) is 0 Å². The Labute approximate surface area is 140 Å². The minimum absolute atomic E-state index is 0. The summed E-state index contributed by atoms with van der Waals surface area (Å²) in [4.78, 5) is -0.326. The van der Waals surface area contributed by atoms with Gasteiger partial charge in [-0.25, -0.2) is 8.42 Å². The van der Waals surface area contributed by atoms with Gasteiger partial charge in [0.2, 0.25) is 10.0 Å². The molecule has 1 aliphatic rings. The van der Waals surface area contributed by atoms with Crippen molar-refractivity contribution in [2.45, 2.75) is 36.9 Å². The molecule has 2 N–H and O–H groups in total. The number of piperidine rings is 1. The van der Waals surface area contributed by atoms with Crippen molar-refractivity contribution >= 4 is 22.4 Å². The van der Waals surface area contributed by atoms with Crippen LogP contribution < -0.4 is 5.73 Å². The summed E-state index contributed by atoms with van der Waals surface area (Å²) in [5.41, 5.74) is 4.86. The molecule has 0 aromatic heterocycles. The fraction of sp³-hybridized carbons (Fsp3) is 0.571. The van der Waals surface area contributed by atoms with Crippen LogP contribution in [0.25, 0.3) is 0 Å². The van der Waals surface area contributed by atoms with E-state index in [1.54, 1.807) is 0 Å². The number of alkyl halides is 3. The summed E-state index contributed by atoms with van der Waals surface area (Å²) in [6, 6.07) is 3.70. The molecule has 1 heterocycles. The molecule has 0 radical (unpaired) electrons. The van der Waals surface area contributed by atoms with Gasteiger partial charge in [-0.15, -0.1) is 12.4 Å². The molecular formula is C14H20ClF3N2O2S. The van der Waals surface area contributed by atoms with Crippen LogP contribution in [0.2, 0.25) is 0 Å². The predicted molar refractivity (Wildman–Crippen MR) is 83.8 cm³/mol. The van der Waals surface area contributed by atoms with Gasteiger partial charge >= 0.3 is 6.18 Å². The maximum Gasteiger partial charge on any atom is 0.416 e. The Kier molecular flexibility index (Phi) is 6.48. The van der Waals surface area contributed by atoms with Gasteiger partial charge in [0.25, 0.3) is 0 Å². The third-order valence-electron chi connectivity index (χ3n) is 3.96. The molecule has 0 amide bonds. The highest BCUT2D eigenvalue weighted by Gasteiger charge is 2.35. The second-order valence-corrected chi connectivity index (χ2v) is 7.59. The zero-order valence-corrected chi connectivity index (χ0v) is 14.2. The monoisotopic (exact) mass is 372 g/mol. The van der Waals surface area contributed by atoms with Gasteiger partial charge < -0.3 is 5.73 Å². The summed E-state index contributed by atoms with van der Waals surface area (Å²) in [6.45, 7) is 2.36. The van der Waals surface area contributed by atoms with Crippen LogP contribution in [0.5, 0.6) is 0 Å². The molecule has 2 rings (SSSR count). The zero-order valence-electron chi connectivity index (χ0n) is 12.6. The molecule has 0 saturated carbocycles. The van der Waals surface area contributed by atoms with Crippen molar-refractivity contribution in [2.75, 3.05) is 13.1 Å². The molecular weight excluding hydrogens is 353 g/mol. The van der Waals surface area contributed by atoms with Gasteiger partial charge in [0, 0.05) is 19.1 Å². The summed E-state index contributed by atoms with van der Waals surface area (Å²) >= 11 is 0. The van der Waals surface area contributed by atoms with Gasteiger partial charge in [-0.3, -0.25) is 0 Å². The molecule has 132 valence electrons. The van der Waals surface area contributed by atoms with Gasteiger partial charge in [-0.2, -0.15) is 17.5 Å². The molecule has 4 nitrogen and oxygen atoms in total. The van der Waals surface area contributed by atoms with Crippen molar-refractivity contribution in [3.05, 3.63) is 29.8 Å². The van der Waals surface area contributed by atoms with E-state index < -0.39 is 21.8 Å². The molecule has 0 bridgehead atoms. The lowest BCUT2D eigenvalue weighted by molar-refractivity contribution is -0.137. The van der Waals surface area contributed by atoms with Gasteiger partial charge in [0.05, 0.1) is 10.5 Å². The van der Waals surface area contributed by atoms with Gasteiger partial charge in [-0.1, -0.05) is 6.07 Å². The van der Waals surface area contributed by atoms with Crippen LogP contribution in [0, 0.1) is 5.92 Å². The average Bonchev–Trinajstić information content (AvgIpc) is 2.46. The minimum atomic E-state index is -4.57. The lowest BCUT2D eigenvalue weighted by Crippen LogP contribution is -2.44.